The molecule has 0 N–H and O–H groups in total. The fourth-order valence-electron chi connectivity index (χ4n) is 0.583. The Bertz CT molecular complexity index is 284. The van der Waals surface area contributed by atoms with Crippen molar-refractivity contribution in [2.24, 2.45) is 0 Å². The number of aromatic nitrogens is 1. The van der Waals surface area contributed by atoms with Gasteiger partial charge in [-0.05, 0) is 22.6 Å². The monoisotopic (exact) mass is 305 g/mol. The van der Waals surface area contributed by atoms with E-state index in [0.29, 0.717) is 3.57 Å². The second-order valence-electron chi connectivity index (χ2n) is 1.82. The van der Waals surface area contributed by atoms with Crippen LogP contribution >= 0.6 is 34.2 Å². The van der Waals surface area contributed by atoms with E-state index in [4.69, 9.17) is 11.6 Å². The first-order valence-corrected chi connectivity index (χ1v) is 4.31. The van der Waals surface area contributed by atoms with Gasteiger partial charge in [-0.1, -0.05) is 11.6 Å². The highest BCUT2D eigenvalue weighted by molar-refractivity contribution is 14.1. The van der Waals surface area contributed by atoms with Crippen molar-refractivity contribution in [3.63, 3.8) is 0 Å². The van der Waals surface area contributed by atoms with Crippen molar-refractivity contribution in [2.45, 2.75) is 6.61 Å². The topological polar surface area (TPSA) is 22.1 Å². The number of hydrogen-bond acceptors (Lipinski definition) is 2. The third-order valence-corrected chi connectivity index (χ3v) is 2.02. The van der Waals surface area contributed by atoms with E-state index in [0.717, 1.165) is 0 Å². The highest BCUT2D eigenvalue weighted by atomic mass is 127. The van der Waals surface area contributed by atoms with Gasteiger partial charge in [-0.2, -0.15) is 8.78 Å². The van der Waals surface area contributed by atoms with E-state index in [1.807, 2.05) is 22.6 Å². The van der Waals surface area contributed by atoms with Gasteiger partial charge in [-0.15, -0.1) is 0 Å². The molecule has 1 rings (SSSR count). The molecule has 0 aliphatic heterocycles. The first-order valence-electron chi connectivity index (χ1n) is 2.85. The van der Waals surface area contributed by atoms with Crippen LogP contribution in [0.3, 0.4) is 0 Å². The van der Waals surface area contributed by atoms with Crippen LogP contribution in [0.1, 0.15) is 0 Å². The van der Waals surface area contributed by atoms with Crippen LogP contribution in [0.25, 0.3) is 0 Å². The molecule has 0 saturated heterocycles. The van der Waals surface area contributed by atoms with E-state index < -0.39 is 6.61 Å². The van der Waals surface area contributed by atoms with Crippen LogP contribution in [0.4, 0.5) is 8.78 Å². The number of hydrogen-bond donors (Lipinski definition) is 0. The molecule has 6 heteroatoms. The van der Waals surface area contributed by atoms with Gasteiger partial charge in [0.2, 0.25) is 0 Å². The van der Waals surface area contributed by atoms with Crippen molar-refractivity contribution in [1.29, 1.82) is 0 Å². The fourth-order valence-corrected chi connectivity index (χ4v) is 1.15. The maximum Gasteiger partial charge on any atom is 0.387 e. The summed E-state index contributed by atoms with van der Waals surface area (Å²) in [7, 11) is 0. The number of alkyl halides is 2. The smallest absolute Gasteiger partial charge is 0.387 e. The molecule has 0 aromatic carbocycles. The Morgan fingerprint density at radius 2 is 2.25 bits per heavy atom. The summed E-state index contributed by atoms with van der Waals surface area (Å²) < 4.78 is 28.1. The maximum atomic E-state index is 11.7. The summed E-state index contributed by atoms with van der Waals surface area (Å²) in [5.41, 5.74) is 0. The van der Waals surface area contributed by atoms with Crippen LogP contribution in [-0.2, 0) is 0 Å². The lowest BCUT2D eigenvalue weighted by molar-refractivity contribution is -0.0504. The number of rotatable bonds is 2. The van der Waals surface area contributed by atoms with Gasteiger partial charge >= 0.3 is 6.61 Å². The van der Waals surface area contributed by atoms with Gasteiger partial charge in [0, 0.05) is 12.3 Å². The van der Waals surface area contributed by atoms with Crippen molar-refractivity contribution in [3.8, 4) is 5.75 Å². The van der Waals surface area contributed by atoms with E-state index in [9.17, 15) is 8.78 Å². The minimum Gasteiger partial charge on any atom is -0.434 e. The zero-order chi connectivity index (χ0) is 9.14. The Labute approximate surface area is 86.0 Å². The lowest BCUT2D eigenvalue weighted by Gasteiger charge is -2.05. The van der Waals surface area contributed by atoms with E-state index in [1.54, 1.807) is 0 Å². The van der Waals surface area contributed by atoms with Gasteiger partial charge < -0.3 is 4.74 Å². The van der Waals surface area contributed by atoms with Crippen molar-refractivity contribution in [1.82, 2.24) is 4.98 Å². The molecule has 0 bridgehead atoms. The molecular formula is C6H3ClF2INO. The lowest BCUT2D eigenvalue weighted by atomic mass is 10.5. The average molecular weight is 305 g/mol. The predicted molar refractivity (Wildman–Crippen MR) is 48.6 cm³/mol. The Balaban J connectivity index is 2.90. The van der Waals surface area contributed by atoms with Crippen molar-refractivity contribution in [2.75, 3.05) is 0 Å². The molecule has 1 heterocycles. The molecule has 66 valence electrons. The largest absolute Gasteiger partial charge is 0.434 e. The van der Waals surface area contributed by atoms with Gasteiger partial charge in [-0.25, -0.2) is 4.98 Å². The van der Waals surface area contributed by atoms with Crippen molar-refractivity contribution < 1.29 is 13.5 Å². The minimum atomic E-state index is -2.84. The molecule has 12 heavy (non-hydrogen) atoms. The molecule has 0 unspecified atom stereocenters. The lowest BCUT2D eigenvalue weighted by Crippen LogP contribution is -2.03. The van der Waals surface area contributed by atoms with Crippen LogP contribution in [0.5, 0.6) is 5.75 Å². The van der Waals surface area contributed by atoms with Gasteiger partial charge in [0.1, 0.15) is 10.9 Å². The molecule has 0 fully saturated rings. The van der Waals surface area contributed by atoms with E-state index in [1.165, 1.54) is 12.3 Å². The standard InChI is InChI=1S/C6H3ClF2INO/c7-5-1-4(12-6(8)9)3(10)2-11-5/h1-2,6H. The SMILES string of the molecule is FC(F)Oc1cc(Cl)ncc1I. The molecule has 0 aliphatic rings. The molecule has 2 nitrogen and oxygen atoms in total. The molecule has 0 radical (unpaired) electrons. The zero-order valence-corrected chi connectivity index (χ0v) is 8.51. The number of halogens is 4. The fraction of sp³-hybridized carbons (Fsp3) is 0.167. The first-order chi connectivity index (χ1) is 5.59. The van der Waals surface area contributed by atoms with E-state index in [-0.39, 0.29) is 10.9 Å². The second-order valence-corrected chi connectivity index (χ2v) is 3.37. The normalized spacial score (nSPS) is 10.4. The molecule has 0 atom stereocenters. The Morgan fingerprint density at radius 3 is 2.83 bits per heavy atom. The number of ether oxygens (including phenoxy) is 1. The van der Waals surface area contributed by atoms with Crippen LogP contribution < -0.4 is 4.74 Å². The molecule has 0 aliphatic carbocycles. The van der Waals surface area contributed by atoms with Gasteiger partial charge in [0.15, 0.2) is 0 Å². The molecule has 1 aromatic rings. The third kappa shape index (κ3) is 2.71. The summed E-state index contributed by atoms with van der Waals surface area (Å²) in [5, 5.41) is 0.131. The van der Waals surface area contributed by atoms with Gasteiger partial charge in [0.25, 0.3) is 0 Å². The number of pyridine rings is 1. The second kappa shape index (κ2) is 4.18. The summed E-state index contributed by atoms with van der Waals surface area (Å²) in [6.07, 6.45) is 1.36. The Morgan fingerprint density at radius 1 is 1.58 bits per heavy atom. The summed E-state index contributed by atoms with van der Waals surface area (Å²) in [4.78, 5) is 3.68. The quantitative estimate of drug-likeness (QED) is 0.619. The zero-order valence-electron chi connectivity index (χ0n) is 5.60. The highest BCUT2D eigenvalue weighted by Crippen LogP contribution is 2.24. The number of nitrogens with zero attached hydrogens (tertiary/aromatic N) is 1. The van der Waals surface area contributed by atoms with Gasteiger partial charge in [0.05, 0.1) is 3.57 Å². The van der Waals surface area contributed by atoms with Gasteiger partial charge in [-0.3, -0.25) is 0 Å². The predicted octanol–water partition coefficient (Wildman–Crippen LogP) is 2.94. The van der Waals surface area contributed by atoms with Crippen LogP contribution in [0.15, 0.2) is 12.3 Å². The molecule has 1 aromatic heterocycles. The maximum absolute atomic E-state index is 11.7. The minimum absolute atomic E-state index is 0.0469. The Kier molecular flexibility index (Phi) is 3.45. The van der Waals surface area contributed by atoms with Crippen LogP contribution in [0, 0.1) is 3.57 Å². The summed E-state index contributed by atoms with van der Waals surface area (Å²) in [6.45, 7) is -2.84. The van der Waals surface area contributed by atoms with Crippen molar-refractivity contribution >= 4 is 34.2 Å². The third-order valence-electron chi connectivity index (χ3n) is 1.00. The highest BCUT2D eigenvalue weighted by Gasteiger charge is 2.08. The van der Waals surface area contributed by atoms with E-state index >= 15 is 0 Å². The summed E-state index contributed by atoms with van der Waals surface area (Å²) in [6, 6.07) is 1.25. The first kappa shape index (κ1) is 9.91. The van der Waals surface area contributed by atoms with Crippen LogP contribution in [-0.4, -0.2) is 11.6 Å². The summed E-state index contributed by atoms with van der Waals surface area (Å²) in [5.74, 6) is 0.0469. The Hall–Kier alpha value is -0.170. The van der Waals surface area contributed by atoms with Crippen molar-refractivity contribution in [3.05, 3.63) is 21.0 Å². The van der Waals surface area contributed by atoms with E-state index in [2.05, 4.69) is 9.72 Å². The molecule has 0 amide bonds. The van der Waals surface area contributed by atoms with Crippen LogP contribution in [0.2, 0.25) is 5.15 Å². The molecule has 0 spiro atoms. The molecule has 0 saturated carbocycles. The molecular weight excluding hydrogens is 302 g/mol. The average Bonchev–Trinajstić information content (AvgIpc) is 1.96. The summed E-state index contributed by atoms with van der Waals surface area (Å²) >= 11 is 7.29.